The number of benzene rings is 2. The van der Waals surface area contributed by atoms with Crippen molar-refractivity contribution >= 4 is 38.8 Å². The van der Waals surface area contributed by atoms with Gasteiger partial charge in [-0.15, -0.1) is 0 Å². The van der Waals surface area contributed by atoms with Crippen molar-refractivity contribution in [3.8, 4) is 0 Å². The Kier molecular flexibility index (Phi) is 5.89. The van der Waals surface area contributed by atoms with E-state index in [1.54, 1.807) is 24.3 Å². The van der Waals surface area contributed by atoms with Gasteiger partial charge in [0.05, 0.1) is 4.90 Å². The molecular formula is C17H19N3O3S2. The van der Waals surface area contributed by atoms with Gasteiger partial charge in [-0.2, -0.15) is 0 Å². The van der Waals surface area contributed by atoms with Gasteiger partial charge in [0.15, 0.2) is 0 Å². The van der Waals surface area contributed by atoms with Crippen molar-refractivity contribution in [1.29, 1.82) is 0 Å². The van der Waals surface area contributed by atoms with Crippen molar-refractivity contribution in [1.82, 2.24) is 5.32 Å². The highest BCUT2D eigenvalue weighted by atomic mass is 32.2. The summed E-state index contributed by atoms with van der Waals surface area (Å²) in [6.07, 6.45) is 0. The molecule has 6 nitrogen and oxygen atoms in total. The molecule has 0 bridgehead atoms. The molecule has 1 unspecified atom stereocenters. The summed E-state index contributed by atoms with van der Waals surface area (Å²) in [6, 6.07) is 13.4. The van der Waals surface area contributed by atoms with Gasteiger partial charge in [-0.05, 0) is 48.9 Å². The number of nitrogens with one attached hydrogen (secondary N) is 2. The van der Waals surface area contributed by atoms with Crippen LogP contribution in [0.1, 0.15) is 31.0 Å². The molecule has 0 radical (unpaired) electrons. The van der Waals surface area contributed by atoms with Crippen LogP contribution in [0.25, 0.3) is 0 Å². The molecule has 25 heavy (non-hydrogen) atoms. The molecule has 1 atom stereocenters. The number of nitrogens with two attached hydrogens (primary N) is 1. The molecule has 0 aliphatic rings. The number of rotatable bonds is 5. The molecule has 0 heterocycles. The third-order valence-electron chi connectivity index (χ3n) is 3.52. The molecule has 0 saturated heterocycles. The fourth-order valence-electron chi connectivity index (χ4n) is 2.22. The quantitative estimate of drug-likeness (QED) is 0.694. The van der Waals surface area contributed by atoms with Crippen LogP contribution >= 0.6 is 12.2 Å². The first-order valence-corrected chi connectivity index (χ1v) is 9.43. The average molecular weight is 377 g/mol. The zero-order chi connectivity index (χ0) is 18.6. The van der Waals surface area contributed by atoms with Crippen LogP contribution in [0.15, 0.2) is 53.4 Å². The molecule has 0 fully saturated rings. The topological polar surface area (TPSA) is 101 Å². The molecule has 0 aliphatic carbocycles. The van der Waals surface area contributed by atoms with Crippen LogP contribution < -0.4 is 15.8 Å². The van der Waals surface area contributed by atoms with Crippen LogP contribution in [0.5, 0.6) is 0 Å². The average Bonchev–Trinajstić information content (AvgIpc) is 2.54. The van der Waals surface area contributed by atoms with E-state index < -0.39 is 10.0 Å². The van der Waals surface area contributed by atoms with Gasteiger partial charge in [-0.25, -0.2) is 13.6 Å². The lowest BCUT2D eigenvalue weighted by Crippen LogP contribution is -2.25. The van der Waals surface area contributed by atoms with E-state index in [0.717, 1.165) is 11.1 Å². The smallest absolute Gasteiger partial charge is 0.238 e. The SMILES string of the molecule is CC(=O)Nc1ccc(C(=S)NC(C)c2ccc(S(N)(=O)=O)cc2)cc1. The van der Waals surface area contributed by atoms with Crippen molar-refractivity contribution in [3.63, 3.8) is 0 Å². The number of sulfonamides is 1. The van der Waals surface area contributed by atoms with Gasteiger partial charge in [0.1, 0.15) is 4.99 Å². The molecule has 4 N–H and O–H groups in total. The molecule has 0 spiro atoms. The van der Waals surface area contributed by atoms with E-state index in [0.29, 0.717) is 10.7 Å². The first-order valence-electron chi connectivity index (χ1n) is 7.48. The minimum absolute atomic E-state index is 0.0691. The van der Waals surface area contributed by atoms with E-state index in [1.807, 2.05) is 19.1 Å². The predicted molar refractivity (Wildman–Crippen MR) is 102 cm³/mol. The Morgan fingerprint density at radius 1 is 1.08 bits per heavy atom. The van der Waals surface area contributed by atoms with E-state index in [-0.39, 0.29) is 16.8 Å². The summed E-state index contributed by atoms with van der Waals surface area (Å²) in [7, 11) is -3.70. The van der Waals surface area contributed by atoms with Crippen molar-refractivity contribution in [3.05, 3.63) is 59.7 Å². The Hall–Kier alpha value is -2.29. The van der Waals surface area contributed by atoms with Crippen LogP contribution in [0, 0.1) is 0 Å². The van der Waals surface area contributed by atoms with Crippen LogP contribution in [0.4, 0.5) is 5.69 Å². The number of carbonyl (C=O) groups excluding carboxylic acids is 1. The van der Waals surface area contributed by atoms with Gasteiger partial charge < -0.3 is 10.6 Å². The second kappa shape index (κ2) is 7.73. The maximum atomic E-state index is 11.3. The Balaban J connectivity index is 2.05. The van der Waals surface area contributed by atoms with Crippen LogP contribution in [0.2, 0.25) is 0 Å². The summed E-state index contributed by atoms with van der Waals surface area (Å²) in [5, 5.41) is 11.0. The molecule has 2 rings (SSSR count). The highest BCUT2D eigenvalue weighted by Gasteiger charge is 2.11. The highest BCUT2D eigenvalue weighted by molar-refractivity contribution is 7.89. The Morgan fingerprint density at radius 2 is 1.64 bits per heavy atom. The van der Waals surface area contributed by atoms with Crippen molar-refractivity contribution in [2.45, 2.75) is 24.8 Å². The van der Waals surface area contributed by atoms with E-state index >= 15 is 0 Å². The van der Waals surface area contributed by atoms with Gasteiger partial charge in [-0.3, -0.25) is 4.79 Å². The number of hydrogen-bond donors (Lipinski definition) is 3. The van der Waals surface area contributed by atoms with E-state index in [4.69, 9.17) is 17.4 Å². The van der Waals surface area contributed by atoms with Gasteiger partial charge in [0.25, 0.3) is 0 Å². The van der Waals surface area contributed by atoms with E-state index in [1.165, 1.54) is 19.1 Å². The van der Waals surface area contributed by atoms with Crippen LogP contribution in [-0.4, -0.2) is 19.3 Å². The Labute approximate surface area is 152 Å². The van der Waals surface area contributed by atoms with Gasteiger partial charge in [0, 0.05) is 24.2 Å². The van der Waals surface area contributed by atoms with Crippen molar-refractivity contribution < 1.29 is 13.2 Å². The van der Waals surface area contributed by atoms with Gasteiger partial charge >= 0.3 is 0 Å². The number of hydrogen-bond acceptors (Lipinski definition) is 4. The number of anilines is 1. The van der Waals surface area contributed by atoms with Gasteiger partial charge in [0.2, 0.25) is 15.9 Å². The lowest BCUT2D eigenvalue weighted by atomic mass is 10.1. The molecule has 2 aromatic rings. The summed E-state index contributed by atoms with van der Waals surface area (Å²) in [5.41, 5.74) is 2.40. The maximum Gasteiger partial charge on any atom is 0.238 e. The second-order valence-corrected chi connectivity index (χ2v) is 7.54. The molecule has 0 aromatic heterocycles. The monoisotopic (exact) mass is 377 g/mol. The third kappa shape index (κ3) is 5.35. The normalized spacial score (nSPS) is 12.3. The minimum atomic E-state index is -3.70. The van der Waals surface area contributed by atoms with Crippen LogP contribution in [-0.2, 0) is 14.8 Å². The minimum Gasteiger partial charge on any atom is -0.369 e. The number of amides is 1. The standard InChI is InChI=1S/C17H19N3O3S2/c1-11(13-5-9-16(10-6-13)25(18,22)23)19-17(24)14-3-7-15(8-4-14)20-12(2)21/h3-11H,1-2H3,(H,19,24)(H,20,21)(H2,18,22,23). The molecule has 0 aliphatic heterocycles. The Bertz CT molecular complexity index is 876. The summed E-state index contributed by atoms with van der Waals surface area (Å²) < 4.78 is 22.6. The lowest BCUT2D eigenvalue weighted by Gasteiger charge is -2.17. The summed E-state index contributed by atoms with van der Waals surface area (Å²) in [4.78, 5) is 11.6. The van der Waals surface area contributed by atoms with E-state index in [9.17, 15) is 13.2 Å². The number of carbonyl (C=O) groups is 1. The molecular weight excluding hydrogens is 358 g/mol. The first kappa shape index (κ1) is 19.0. The summed E-state index contributed by atoms with van der Waals surface area (Å²) >= 11 is 5.40. The van der Waals surface area contributed by atoms with Crippen LogP contribution in [0.3, 0.4) is 0 Å². The second-order valence-electron chi connectivity index (χ2n) is 5.57. The van der Waals surface area contributed by atoms with Gasteiger partial charge in [-0.1, -0.05) is 24.4 Å². The molecule has 2 aromatic carbocycles. The summed E-state index contributed by atoms with van der Waals surface area (Å²) in [5.74, 6) is -0.134. The Morgan fingerprint density at radius 3 is 2.12 bits per heavy atom. The lowest BCUT2D eigenvalue weighted by molar-refractivity contribution is -0.114. The van der Waals surface area contributed by atoms with Crippen molar-refractivity contribution in [2.75, 3.05) is 5.32 Å². The fourth-order valence-corrected chi connectivity index (χ4v) is 3.05. The highest BCUT2D eigenvalue weighted by Crippen LogP contribution is 2.17. The fraction of sp³-hybridized carbons (Fsp3) is 0.176. The number of primary sulfonamides is 1. The molecule has 0 saturated carbocycles. The van der Waals surface area contributed by atoms with Crippen molar-refractivity contribution in [2.24, 2.45) is 5.14 Å². The molecule has 1 amide bonds. The molecule has 132 valence electrons. The number of thiocarbonyl (C=S) groups is 1. The summed E-state index contributed by atoms with van der Waals surface area (Å²) in [6.45, 7) is 3.37. The zero-order valence-corrected chi connectivity index (χ0v) is 15.4. The van der Waals surface area contributed by atoms with E-state index in [2.05, 4.69) is 10.6 Å². The largest absolute Gasteiger partial charge is 0.369 e. The first-order chi connectivity index (χ1) is 11.7. The maximum absolute atomic E-state index is 11.3. The zero-order valence-electron chi connectivity index (χ0n) is 13.8. The molecule has 8 heteroatoms. The predicted octanol–water partition coefficient (Wildman–Crippen LogP) is 2.32. The third-order valence-corrected chi connectivity index (χ3v) is 4.81.